The van der Waals surface area contributed by atoms with Gasteiger partial charge in [0, 0.05) is 17.3 Å². The Balaban J connectivity index is 1.57. The van der Waals surface area contributed by atoms with Crippen LogP contribution >= 0.6 is 11.6 Å². The van der Waals surface area contributed by atoms with E-state index in [9.17, 15) is 19.7 Å². The van der Waals surface area contributed by atoms with Crippen LogP contribution in [0.1, 0.15) is 15.9 Å². The maximum Gasteiger partial charge on any atom is 0.288 e. The number of halogens is 1. The lowest BCUT2D eigenvalue weighted by Gasteiger charge is -2.06. The average Bonchev–Trinajstić information content (AvgIpc) is 3.09. The zero-order valence-corrected chi connectivity index (χ0v) is 17.9. The summed E-state index contributed by atoms with van der Waals surface area (Å²) in [6.07, 6.45) is 1.70. The third-order valence-electron chi connectivity index (χ3n) is 4.90. The Kier molecular flexibility index (Phi) is 5.93. The van der Waals surface area contributed by atoms with Gasteiger partial charge in [-0.1, -0.05) is 48.5 Å². The summed E-state index contributed by atoms with van der Waals surface area (Å²) in [5.41, 5.74) is 1.46. The first-order valence-electron chi connectivity index (χ1n) is 9.76. The quantitative estimate of drug-likeness (QED) is 0.352. The second-order valence-electron chi connectivity index (χ2n) is 7.12. The topological polar surface area (TPSA) is 110 Å². The molecule has 2 N–H and O–H groups in total. The molecule has 1 heterocycles. The first-order chi connectivity index (χ1) is 15.8. The molecular formula is C24H17ClN4O4. The fourth-order valence-corrected chi connectivity index (χ4v) is 3.42. The van der Waals surface area contributed by atoms with Crippen LogP contribution < -0.4 is 21.4 Å². The lowest BCUT2D eigenvalue weighted by molar-refractivity contribution is -0.384. The van der Waals surface area contributed by atoms with Gasteiger partial charge in [0.2, 0.25) is 0 Å². The summed E-state index contributed by atoms with van der Waals surface area (Å²) in [5.74, 6) is -0.511. The lowest BCUT2D eigenvalue weighted by Crippen LogP contribution is -2.33. The predicted octanol–water partition coefficient (Wildman–Crippen LogP) is 3.22. The summed E-state index contributed by atoms with van der Waals surface area (Å²) < 4.78 is 1.42. The van der Waals surface area contributed by atoms with Gasteiger partial charge in [-0.2, -0.15) is 0 Å². The van der Waals surface area contributed by atoms with Crippen LogP contribution in [-0.2, 0) is 0 Å². The van der Waals surface area contributed by atoms with Crippen LogP contribution in [0, 0.1) is 10.1 Å². The first kappa shape index (κ1) is 21.8. The third-order valence-corrected chi connectivity index (χ3v) is 5.22. The number of benzene rings is 3. The van der Waals surface area contributed by atoms with Gasteiger partial charge in [0.05, 0.1) is 21.2 Å². The van der Waals surface area contributed by atoms with Gasteiger partial charge < -0.3 is 5.32 Å². The Morgan fingerprint density at radius 3 is 2.45 bits per heavy atom. The Hall–Kier alpha value is -4.43. The van der Waals surface area contributed by atoms with Crippen LogP contribution in [0.5, 0.6) is 0 Å². The molecule has 0 atom stereocenters. The van der Waals surface area contributed by atoms with E-state index in [0.29, 0.717) is 21.9 Å². The highest BCUT2D eigenvalue weighted by atomic mass is 35.5. The molecule has 0 saturated carbocycles. The summed E-state index contributed by atoms with van der Waals surface area (Å²) in [4.78, 5) is 35.7. The summed E-state index contributed by atoms with van der Waals surface area (Å²) in [6, 6.07) is 19.8. The number of nitrogens with zero attached hydrogens (tertiary/aromatic N) is 2. The van der Waals surface area contributed by atoms with Crippen LogP contribution in [-0.4, -0.2) is 20.6 Å². The smallest absolute Gasteiger partial charge is 0.288 e. The van der Waals surface area contributed by atoms with Gasteiger partial charge >= 0.3 is 0 Å². The molecule has 0 spiro atoms. The molecule has 9 heteroatoms. The highest BCUT2D eigenvalue weighted by Crippen LogP contribution is 2.25. The minimum absolute atomic E-state index is 0.0442. The summed E-state index contributed by atoms with van der Waals surface area (Å²) in [7, 11) is 0. The van der Waals surface area contributed by atoms with Crippen LogP contribution in [0.4, 0.5) is 11.4 Å². The van der Waals surface area contributed by atoms with Gasteiger partial charge in [0.25, 0.3) is 17.2 Å². The molecule has 164 valence electrons. The van der Waals surface area contributed by atoms with Crippen molar-refractivity contribution in [1.82, 2.24) is 9.78 Å². The Morgan fingerprint density at radius 1 is 1.09 bits per heavy atom. The van der Waals surface area contributed by atoms with Crippen LogP contribution in [0.25, 0.3) is 18.3 Å². The number of rotatable bonds is 5. The number of nitro benzene ring substituents is 1. The number of H-pyrrole nitrogens is 1. The lowest BCUT2D eigenvalue weighted by atomic mass is 10.1. The molecule has 1 aromatic heterocycles. The van der Waals surface area contributed by atoms with Crippen molar-refractivity contribution in [2.45, 2.75) is 0 Å². The van der Waals surface area contributed by atoms with Crippen LogP contribution in [0.15, 0.2) is 77.6 Å². The minimum atomic E-state index is -0.645. The van der Waals surface area contributed by atoms with Crippen molar-refractivity contribution in [3.05, 3.63) is 120 Å². The van der Waals surface area contributed by atoms with E-state index in [2.05, 4.69) is 17.0 Å². The number of nitrogens with one attached hydrogen (secondary N) is 2. The van der Waals surface area contributed by atoms with E-state index in [1.807, 2.05) is 30.3 Å². The van der Waals surface area contributed by atoms with Gasteiger partial charge in [-0.05, 0) is 48.0 Å². The summed E-state index contributed by atoms with van der Waals surface area (Å²) in [5, 5.41) is 17.5. The van der Waals surface area contributed by atoms with Gasteiger partial charge in [-0.3, -0.25) is 24.8 Å². The number of carbonyl (C=O) groups excluding carboxylic acids is 1. The number of nitro groups is 1. The maximum atomic E-state index is 12.8. The molecular weight excluding hydrogens is 444 g/mol. The molecule has 4 rings (SSSR count). The van der Waals surface area contributed by atoms with E-state index in [-0.39, 0.29) is 21.8 Å². The van der Waals surface area contributed by atoms with Crippen molar-refractivity contribution >= 4 is 41.5 Å². The van der Waals surface area contributed by atoms with Crippen molar-refractivity contribution in [2.75, 3.05) is 5.32 Å². The third kappa shape index (κ3) is 4.60. The summed E-state index contributed by atoms with van der Waals surface area (Å²) >= 11 is 5.79. The standard InChI is InChI=1S/C24H17ClN4O4/c1-15-20(24(31)28(27-15)19-5-3-2-4-6-19)13-16-7-10-18(11-8-16)26-23(30)17-9-12-21(25)22(14-17)29(32)33/h2-14,27H,1H2,(H,26,30)/b20-13-. The zero-order chi connectivity index (χ0) is 23.5. The molecule has 33 heavy (non-hydrogen) atoms. The minimum Gasteiger partial charge on any atom is -0.322 e. The first-order valence-corrected chi connectivity index (χ1v) is 10.1. The molecule has 0 aliphatic carbocycles. The fourth-order valence-electron chi connectivity index (χ4n) is 3.23. The Bertz CT molecular complexity index is 1520. The average molecular weight is 461 g/mol. The molecule has 8 nitrogen and oxygen atoms in total. The highest BCUT2D eigenvalue weighted by molar-refractivity contribution is 6.32. The molecule has 4 aromatic rings. The Labute approximate surface area is 192 Å². The van der Waals surface area contributed by atoms with Crippen molar-refractivity contribution in [3.63, 3.8) is 0 Å². The van der Waals surface area contributed by atoms with Crippen molar-refractivity contribution < 1.29 is 9.72 Å². The Morgan fingerprint density at radius 2 is 1.79 bits per heavy atom. The molecule has 0 radical (unpaired) electrons. The second-order valence-corrected chi connectivity index (χ2v) is 7.53. The van der Waals surface area contributed by atoms with Gasteiger partial charge in [-0.15, -0.1) is 0 Å². The molecule has 0 fully saturated rings. The number of aromatic nitrogens is 2. The maximum absolute atomic E-state index is 12.8. The molecule has 0 bridgehead atoms. The van der Waals surface area contributed by atoms with Gasteiger partial charge in [0.1, 0.15) is 5.02 Å². The van der Waals surface area contributed by atoms with Crippen molar-refractivity contribution in [2.24, 2.45) is 0 Å². The van der Waals surface area contributed by atoms with E-state index in [0.717, 1.165) is 11.6 Å². The fraction of sp³-hybridized carbons (Fsp3) is 0. The number of amides is 1. The van der Waals surface area contributed by atoms with E-state index in [1.165, 1.54) is 16.8 Å². The molecule has 0 aliphatic rings. The second kappa shape index (κ2) is 8.97. The largest absolute Gasteiger partial charge is 0.322 e. The van der Waals surface area contributed by atoms with E-state index < -0.39 is 10.8 Å². The zero-order valence-electron chi connectivity index (χ0n) is 17.1. The molecule has 0 aliphatic heterocycles. The van der Waals surface area contributed by atoms with Crippen LogP contribution in [0.2, 0.25) is 5.02 Å². The van der Waals surface area contributed by atoms with Crippen molar-refractivity contribution in [3.8, 4) is 5.69 Å². The van der Waals surface area contributed by atoms with Gasteiger partial charge in [-0.25, -0.2) is 4.68 Å². The SMILES string of the molecule is C=c1[nH]n(-c2ccccc2)c(=O)/c1=C\c1ccc(NC(=O)c2ccc(Cl)c([N+](=O)[O-])c2)cc1. The van der Waals surface area contributed by atoms with E-state index in [1.54, 1.807) is 30.3 Å². The molecule has 3 aromatic carbocycles. The number of anilines is 1. The number of hydrogen-bond acceptors (Lipinski definition) is 4. The normalized spacial score (nSPS) is 11.4. The van der Waals surface area contributed by atoms with Crippen molar-refractivity contribution in [1.29, 1.82) is 0 Å². The monoisotopic (exact) mass is 460 g/mol. The van der Waals surface area contributed by atoms with Gasteiger partial charge in [0.15, 0.2) is 0 Å². The van der Waals surface area contributed by atoms with E-state index >= 15 is 0 Å². The number of carbonyl (C=O) groups is 1. The molecule has 0 saturated heterocycles. The number of aromatic amines is 1. The van der Waals surface area contributed by atoms with E-state index in [4.69, 9.17) is 11.6 Å². The predicted molar refractivity (Wildman–Crippen MR) is 127 cm³/mol. The molecule has 0 unspecified atom stereocenters. The van der Waals surface area contributed by atoms with Crippen LogP contribution in [0.3, 0.4) is 0 Å². The number of para-hydroxylation sites is 1. The highest BCUT2D eigenvalue weighted by Gasteiger charge is 2.16. The summed E-state index contributed by atoms with van der Waals surface area (Å²) in [6.45, 7) is 3.92. The molecule has 1 amide bonds. The number of hydrogen-bond donors (Lipinski definition) is 2.